The maximum Gasteiger partial charge on any atom is 0.358 e. The van der Waals surface area contributed by atoms with E-state index in [2.05, 4.69) is 10.4 Å². The van der Waals surface area contributed by atoms with Crippen molar-refractivity contribution in [3.05, 3.63) is 82.9 Å². The number of carbonyl (C=O) groups is 3. The predicted molar refractivity (Wildman–Crippen MR) is 137 cm³/mol. The Bertz CT molecular complexity index is 1310. The number of hydrogen-bond donors (Lipinski definition) is 1. The number of rotatable bonds is 10. The van der Waals surface area contributed by atoms with Crippen LogP contribution in [0, 0.1) is 5.82 Å². The van der Waals surface area contributed by atoms with Crippen molar-refractivity contribution in [1.29, 1.82) is 0 Å². The van der Waals surface area contributed by atoms with Crippen molar-refractivity contribution in [2.75, 3.05) is 19.8 Å². The lowest BCUT2D eigenvalue weighted by Gasteiger charge is -2.43. The van der Waals surface area contributed by atoms with Gasteiger partial charge in [0.15, 0.2) is 5.69 Å². The van der Waals surface area contributed by atoms with E-state index in [0.717, 1.165) is 16.9 Å². The molecule has 10 heteroatoms. The van der Waals surface area contributed by atoms with Crippen LogP contribution in [0.2, 0.25) is 0 Å². The first kappa shape index (κ1) is 26.8. The molecule has 4 rings (SSSR count). The van der Waals surface area contributed by atoms with Crippen molar-refractivity contribution < 1.29 is 28.2 Å². The smallest absolute Gasteiger partial charge is 0.358 e. The van der Waals surface area contributed by atoms with Crippen molar-refractivity contribution >= 4 is 17.8 Å². The largest absolute Gasteiger partial charge is 0.494 e. The summed E-state index contributed by atoms with van der Waals surface area (Å²) in [5.74, 6) is -1.05. The first-order valence-corrected chi connectivity index (χ1v) is 12.6. The first-order valence-electron chi connectivity index (χ1n) is 12.6. The van der Waals surface area contributed by atoms with Crippen LogP contribution in [-0.2, 0) is 29.0 Å². The molecule has 0 fully saturated rings. The van der Waals surface area contributed by atoms with Crippen molar-refractivity contribution in [2.45, 2.75) is 45.8 Å². The second-order valence-corrected chi connectivity index (χ2v) is 9.16. The number of nitrogens with one attached hydrogen (secondary N) is 1. The molecule has 9 nitrogen and oxygen atoms in total. The average molecular weight is 523 g/mol. The topological polar surface area (TPSA) is 103 Å². The van der Waals surface area contributed by atoms with Gasteiger partial charge in [0.25, 0.3) is 5.91 Å². The highest BCUT2D eigenvalue weighted by Gasteiger charge is 2.48. The molecule has 200 valence electrons. The number of hydrogen-bond acceptors (Lipinski definition) is 6. The SMILES string of the molecule is CCOC(=O)c1cc2n(n1)C[C@@](C)(C(=O)NCc1ccc(F)cc1)N(CCc1ccc(OCC)cc1)C2=O. The molecule has 1 aliphatic rings. The van der Waals surface area contributed by atoms with Crippen LogP contribution in [0.25, 0.3) is 0 Å². The molecule has 0 bridgehead atoms. The molecule has 0 saturated heterocycles. The lowest BCUT2D eigenvalue weighted by Crippen LogP contribution is -2.64. The second kappa shape index (κ2) is 11.5. The van der Waals surface area contributed by atoms with Gasteiger partial charge in [-0.2, -0.15) is 5.10 Å². The van der Waals surface area contributed by atoms with E-state index in [1.165, 1.54) is 27.8 Å². The van der Waals surface area contributed by atoms with Gasteiger partial charge in [0.2, 0.25) is 5.91 Å². The number of esters is 1. The maximum atomic E-state index is 13.7. The third-order valence-electron chi connectivity index (χ3n) is 6.50. The summed E-state index contributed by atoms with van der Waals surface area (Å²) in [5, 5.41) is 7.14. The van der Waals surface area contributed by atoms with Crippen LogP contribution in [-0.4, -0.2) is 57.8 Å². The second-order valence-electron chi connectivity index (χ2n) is 9.16. The zero-order chi connectivity index (χ0) is 27.3. The number of benzene rings is 2. The standard InChI is InChI=1S/C28H31FN4O5/c1-4-37-22-12-8-19(9-13-22)14-15-32-25(34)24-16-23(26(35)38-5-2)31-33(24)18-28(32,3)27(36)30-17-20-6-10-21(29)11-7-20/h6-13,16H,4-5,14-15,17-18H2,1-3H3,(H,30,36)/t28-/m0/s1. The lowest BCUT2D eigenvalue weighted by atomic mass is 9.94. The summed E-state index contributed by atoms with van der Waals surface area (Å²) in [6, 6.07) is 14.8. The lowest BCUT2D eigenvalue weighted by molar-refractivity contribution is -0.133. The number of fused-ring (bicyclic) bond motifs is 1. The summed E-state index contributed by atoms with van der Waals surface area (Å²) in [6.45, 7) is 6.48. The molecule has 3 aromatic rings. The van der Waals surface area contributed by atoms with Gasteiger partial charge < -0.3 is 19.7 Å². The molecule has 1 N–H and O–H groups in total. The van der Waals surface area contributed by atoms with E-state index in [4.69, 9.17) is 9.47 Å². The average Bonchev–Trinajstić information content (AvgIpc) is 3.33. The summed E-state index contributed by atoms with van der Waals surface area (Å²) in [5.41, 5.74) is 0.617. The fourth-order valence-corrected chi connectivity index (χ4v) is 4.43. The van der Waals surface area contributed by atoms with E-state index in [1.54, 1.807) is 26.0 Å². The van der Waals surface area contributed by atoms with Gasteiger partial charge in [-0.25, -0.2) is 9.18 Å². The highest BCUT2D eigenvalue weighted by atomic mass is 19.1. The Balaban J connectivity index is 1.59. The third-order valence-corrected chi connectivity index (χ3v) is 6.50. The summed E-state index contributed by atoms with van der Waals surface area (Å²) in [7, 11) is 0. The van der Waals surface area contributed by atoms with Gasteiger partial charge >= 0.3 is 5.97 Å². The summed E-state index contributed by atoms with van der Waals surface area (Å²) >= 11 is 0. The Morgan fingerprint density at radius 2 is 1.74 bits per heavy atom. The number of amides is 2. The fraction of sp³-hybridized carbons (Fsp3) is 0.357. The van der Waals surface area contributed by atoms with Crippen LogP contribution in [0.1, 0.15) is 52.9 Å². The van der Waals surface area contributed by atoms with Crippen molar-refractivity contribution in [2.24, 2.45) is 0 Å². The first-order chi connectivity index (χ1) is 18.2. The summed E-state index contributed by atoms with van der Waals surface area (Å²) in [4.78, 5) is 41.0. The molecular weight excluding hydrogens is 491 g/mol. The van der Waals surface area contributed by atoms with Gasteiger partial charge in [0.1, 0.15) is 22.8 Å². The monoisotopic (exact) mass is 522 g/mol. The van der Waals surface area contributed by atoms with E-state index in [1.807, 2.05) is 31.2 Å². The Kier molecular flexibility index (Phi) is 8.09. The molecule has 2 heterocycles. The van der Waals surface area contributed by atoms with E-state index in [0.29, 0.717) is 13.0 Å². The molecule has 1 aromatic heterocycles. The number of nitrogens with zero attached hydrogens (tertiary/aromatic N) is 3. The zero-order valence-corrected chi connectivity index (χ0v) is 21.7. The molecule has 0 saturated carbocycles. The summed E-state index contributed by atoms with van der Waals surface area (Å²) < 4.78 is 25.2. The normalized spacial score (nSPS) is 16.6. The van der Waals surface area contributed by atoms with E-state index in [9.17, 15) is 18.8 Å². The Hall–Kier alpha value is -4.21. The van der Waals surface area contributed by atoms with E-state index < -0.39 is 17.4 Å². The van der Waals surface area contributed by atoms with Crippen molar-refractivity contribution in [3.63, 3.8) is 0 Å². The Labute approximate surface area is 220 Å². The van der Waals surface area contributed by atoms with Crippen LogP contribution >= 0.6 is 0 Å². The molecular formula is C28H31FN4O5. The van der Waals surface area contributed by atoms with Crippen molar-refractivity contribution in [1.82, 2.24) is 20.0 Å². The van der Waals surface area contributed by atoms with Crippen molar-refractivity contribution in [3.8, 4) is 5.75 Å². The molecule has 1 aliphatic heterocycles. The fourth-order valence-electron chi connectivity index (χ4n) is 4.43. The van der Waals surface area contributed by atoms with Crippen LogP contribution in [0.5, 0.6) is 5.75 Å². The highest BCUT2D eigenvalue weighted by Crippen LogP contribution is 2.28. The number of ether oxygens (including phenoxy) is 2. The molecule has 0 radical (unpaired) electrons. The minimum atomic E-state index is -1.30. The van der Waals surface area contributed by atoms with Gasteiger partial charge in [-0.05, 0) is 62.6 Å². The Morgan fingerprint density at radius 1 is 1.05 bits per heavy atom. The van der Waals surface area contributed by atoms with Crippen LogP contribution < -0.4 is 10.1 Å². The predicted octanol–water partition coefficient (Wildman–Crippen LogP) is 3.37. The minimum Gasteiger partial charge on any atom is -0.494 e. The number of carbonyl (C=O) groups excluding carboxylic acids is 3. The number of aromatic nitrogens is 2. The molecule has 38 heavy (non-hydrogen) atoms. The van der Waals surface area contributed by atoms with Crippen LogP contribution in [0.15, 0.2) is 54.6 Å². The highest BCUT2D eigenvalue weighted by molar-refractivity contribution is 6.01. The zero-order valence-electron chi connectivity index (χ0n) is 21.7. The molecule has 1 atom stereocenters. The summed E-state index contributed by atoms with van der Waals surface area (Å²) in [6.07, 6.45) is 0.498. The van der Waals surface area contributed by atoms with Gasteiger partial charge in [0, 0.05) is 19.2 Å². The molecule has 0 spiro atoms. The quantitative estimate of drug-likeness (QED) is 0.410. The van der Waals surface area contributed by atoms with Gasteiger partial charge in [-0.3, -0.25) is 14.3 Å². The van der Waals surface area contributed by atoms with Gasteiger partial charge in [-0.1, -0.05) is 24.3 Å². The third kappa shape index (κ3) is 5.69. The number of halogens is 1. The van der Waals surface area contributed by atoms with Gasteiger partial charge in [-0.15, -0.1) is 0 Å². The minimum absolute atomic E-state index is 0.0117. The van der Waals surface area contributed by atoms with Crippen LogP contribution in [0.4, 0.5) is 4.39 Å². The molecule has 0 aliphatic carbocycles. The molecule has 0 unspecified atom stereocenters. The van der Waals surface area contributed by atoms with E-state index in [-0.39, 0.29) is 49.4 Å². The van der Waals surface area contributed by atoms with E-state index >= 15 is 0 Å². The Morgan fingerprint density at radius 3 is 2.39 bits per heavy atom. The van der Waals surface area contributed by atoms with Gasteiger partial charge in [0.05, 0.1) is 19.8 Å². The molecule has 2 amide bonds. The molecule has 2 aromatic carbocycles. The maximum absolute atomic E-state index is 13.7. The van der Waals surface area contributed by atoms with Crippen LogP contribution in [0.3, 0.4) is 0 Å².